The molecule has 0 aliphatic carbocycles. The molecule has 0 aliphatic heterocycles. The van der Waals surface area contributed by atoms with Crippen molar-refractivity contribution in [2.75, 3.05) is 0 Å². The molecule has 0 bridgehead atoms. The van der Waals surface area contributed by atoms with E-state index in [-0.39, 0.29) is 21.8 Å². The first kappa shape index (κ1) is 29.9. The number of aliphatic hydroxyl groups is 3. The smallest absolute Gasteiger partial charge is 0.275 e. The molecular formula is C13H28O6S3. The summed E-state index contributed by atoms with van der Waals surface area (Å²) in [4.78, 5) is 29.0. The van der Waals surface area contributed by atoms with Crippen LogP contribution < -0.4 is 0 Å². The van der Waals surface area contributed by atoms with Gasteiger partial charge < -0.3 is 15.3 Å². The normalized spacial score (nSPS) is 9.00. The summed E-state index contributed by atoms with van der Waals surface area (Å²) in [6.45, 7) is 7.07. The van der Waals surface area contributed by atoms with E-state index < -0.39 is 5.97 Å². The van der Waals surface area contributed by atoms with Crippen molar-refractivity contribution in [3.63, 3.8) is 0 Å². The van der Waals surface area contributed by atoms with Gasteiger partial charge in [0.25, 0.3) is 5.97 Å². The summed E-state index contributed by atoms with van der Waals surface area (Å²) < 4.78 is 0. The van der Waals surface area contributed by atoms with E-state index >= 15 is 0 Å². The van der Waals surface area contributed by atoms with E-state index in [1.807, 2.05) is 0 Å². The van der Waals surface area contributed by atoms with Gasteiger partial charge in [-0.15, -0.1) is 37.9 Å². The van der Waals surface area contributed by atoms with Gasteiger partial charge in [-0.2, -0.15) is 0 Å². The lowest BCUT2D eigenvalue weighted by molar-refractivity contribution is -0.314. The van der Waals surface area contributed by atoms with Crippen molar-refractivity contribution in [1.82, 2.24) is 0 Å². The molecule has 0 aromatic heterocycles. The zero-order valence-electron chi connectivity index (χ0n) is 13.4. The number of hydrogen-bond donors (Lipinski definition) is 6. The van der Waals surface area contributed by atoms with Gasteiger partial charge >= 0.3 is 0 Å². The fourth-order valence-electron chi connectivity index (χ4n) is 0.335. The molecule has 0 radical (unpaired) electrons. The molecule has 0 heterocycles. The second-order valence-electron chi connectivity index (χ2n) is 3.77. The Morgan fingerprint density at radius 3 is 0.909 bits per heavy atom. The Balaban J connectivity index is -0.0000000995. The summed E-state index contributed by atoms with van der Waals surface area (Å²) in [6.07, 6.45) is 2.16. The molecule has 6 nitrogen and oxygen atoms in total. The van der Waals surface area contributed by atoms with Gasteiger partial charge in [-0.05, 0) is 6.42 Å². The number of thiol groups is 3. The standard InChI is InChI=1S/C4H10O3.3C3H6OS/c1-2-3-4(5,6)7;3*1-2-3(4)5/h5-7H,2-3H2,1H3;3*2H2,1H3,(H,4,5). The topological polar surface area (TPSA) is 112 Å². The van der Waals surface area contributed by atoms with E-state index in [0.717, 1.165) is 0 Å². The second kappa shape index (κ2) is 20.9. The molecule has 0 aromatic rings. The molecule has 0 aromatic carbocycles. The Morgan fingerprint density at radius 1 is 0.727 bits per heavy atom. The first-order valence-electron chi connectivity index (χ1n) is 6.70. The highest BCUT2D eigenvalue weighted by molar-refractivity contribution is 7.97. The summed E-state index contributed by atoms with van der Waals surface area (Å²) in [5.74, 6) is -2.45. The largest absolute Gasteiger partial charge is 0.344 e. The second-order valence-corrected chi connectivity index (χ2v) is 5.26. The average molecular weight is 377 g/mol. The molecule has 0 atom stereocenters. The van der Waals surface area contributed by atoms with Crippen LogP contribution in [0, 0.1) is 0 Å². The molecule has 0 rings (SSSR count). The number of hydrogen-bond acceptors (Lipinski definition) is 6. The summed E-state index contributed by atoms with van der Waals surface area (Å²) >= 11 is 10.4. The zero-order valence-corrected chi connectivity index (χ0v) is 16.1. The van der Waals surface area contributed by atoms with Crippen LogP contribution in [0.4, 0.5) is 0 Å². The lowest BCUT2D eigenvalue weighted by atomic mass is 10.3. The summed E-state index contributed by atoms with van der Waals surface area (Å²) in [5, 5.41) is 24.2. The zero-order chi connectivity index (χ0) is 18.8. The lowest BCUT2D eigenvalue weighted by Crippen LogP contribution is -2.26. The van der Waals surface area contributed by atoms with Crippen LogP contribution in [0.5, 0.6) is 0 Å². The molecule has 0 saturated heterocycles. The maximum atomic E-state index is 9.68. The molecule has 0 saturated carbocycles. The minimum absolute atomic E-state index is 0.00694. The number of carbonyl (C=O) groups is 3. The average Bonchev–Trinajstić information content (AvgIpc) is 2.39. The molecule has 0 spiro atoms. The highest BCUT2D eigenvalue weighted by Gasteiger charge is 2.14. The van der Waals surface area contributed by atoms with E-state index in [4.69, 9.17) is 15.3 Å². The maximum absolute atomic E-state index is 9.68. The summed E-state index contributed by atoms with van der Waals surface area (Å²) in [7, 11) is 0. The summed E-state index contributed by atoms with van der Waals surface area (Å²) in [5.41, 5.74) is 0. The van der Waals surface area contributed by atoms with Crippen molar-refractivity contribution in [1.29, 1.82) is 0 Å². The van der Waals surface area contributed by atoms with Gasteiger partial charge in [0, 0.05) is 25.7 Å². The highest BCUT2D eigenvalue weighted by atomic mass is 32.1. The van der Waals surface area contributed by atoms with Crippen LogP contribution in [0.15, 0.2) is 0 Å². The van der Waals surface area contributed by atoms with Crippen molar-refractivity contribution in [2.24, 2.45) is 0 Å². The number of carbonyl (C=O) groups excluding carboxylic acids is 3. The third kappa shape index (κ3) is 72.4. The molecule has 22 heavy (non-hydrogen) atoms. The van der Waals surface area contributed by atoms with Gasteiger partial charge in [-0.25, -0.2) is 0 Å². The minimum Gasteiger partial charge on any atom is -0.344 e. The van der Waals surface area contributed by atoms with Crippen molar-refractivity contribution >= 4 is 53.2 Å². The molecule has 0 fully saturated rings. The Labute approximate surface area is 148 Å². The van der Waals surface area contributed by atoms with Gasteiger partial charge in [0.2, 0.25) is 0 Å². The van der Waals surface area contributed by atoms with Crippen molar-refractivity contribution in [3.05, 3.63) is 0 Å². The molecule has 3 N–H and O–H groups in total. The molecule has 9 heteroatoms. The molecular weight excluding hydrogens is 348 g/mol. The van der Waals surface area contributed by atoms with Crippen LogP contribution in [0.1, 0.15) is 59.8 Å². The van der Waals surface area contributed by atoms with Gasteiger partial charge in [-0.3, -0.25) is 14.4 Å². The van der Waals surface area contributed by atoms with Gasteiger partial charge in [0.15, 0.2) is 15.3 Å². The SMILES string of the molecule is CCC(=O)S.CCC(=O)S.CCC(=O)S.CCCC(O)(O)O. The number of rotatable bonds is 5. The van der Waals surface area contributed by atoms with Crippen LogP contribution in [0.3, 0.4) is 0 Å². The molecule has 134 valence electrons. The van der Waals surface area contributed by atoms with E-state index in [1.165, 1.54) is 0 Å². The lowest BCUT2D eigenvalue weighted by Gasteiger charge is -2.10. The van der Waals surface area contributed by atoms with Crippen molar-refractivity contribution < 1.29 is 29.7 Å². The fourth-order valence-corrected chi connectivity index (χ4v) is 0.335. The molecule has 0 unspecified atom stereocenters. The third-order valence-electron chi connectivity index (χ3n) is 1.49. The Bertz CT molecular complexity index is 257. The van der Waals surface area contributed by atoms with Gasteiger partial charge in [0.05, 0.1) is 0 Å². The van der Waals surface area contributed by atoms with Crippen molar-refractivity contribution in [3.8, 4) is 0 Å². The van der Waals surface area contributed by atoms with Crippen LogP contribution in [0.25, 0.3) is 0 Å². The summed E-state index contributed by atoms with van der Waals surface area (Å²) in [6, 6.07) is 0. The van der Waals surface area contributed by atoms with Crippen molar-refractivity contribution in [2.45, 2.75) is 65.8 Å². The molecule has 0 amide bonds. The van der Waals surface area contributed by atoms with Crippen LogP contribution >= 0.6 is 37.9 Å². The van der Waals surface area contributed by atoms with Crippen LogP contribution in [-0.2, 0) is 14.4 Å². The van der Waals surface area contributed by atoms with Crippen LogP contribution in [0.2, 0.25) is 0 Å². The maximum Gasteiger partial charge on any atom is 0.275 e. The fraction of sp³-hybridized carbons (Fsp3) is 0.769. The van der Waals surface area contributed by atoms with E-state index in [0.29, 0.717) is 25.7 Å². The Morgan fingerprint density at radius 2 is 0.909 bits per heavy atom. The Kier molecular flexibility index (Phi) is 28.5. The van der Waals surface area contributed by atoms with Crippen LogP contribution in [-0.4, -0.2) is 36.6 Å². The van der Waals surface area contributed by atoms with Gasteiger partial charge in [-0.1, -0.05) is 27.7 Å². The van der Waals surface area contributed by atoms with Gasteiger partial charge in [0.1, 0.15) is 0 Å². The van der Waals surface area contributed by atoms with E-state index in [9.17, 15) is 14.4 Å². The monoisotopic (exact) mass is 376 g/mol. The minimum atomic E-state index is -2.45. The predicted octanol–water partition coefficient (Wildman–Crippen LogP) is 1.98. The Hall–Kier alpha value is -0.0600. The van der Waals surface area contributed by atoms with E-state index in [2.05, 4.69) is 37.9 Å². The molecule has 0 aliphatic rings. The quantitative estimate of drug-likeness (QED) is 0.323. The first-order chi connectivity index (χ1) is 9.87. The first-order valence-corrected chi connectivity index (χ1v) is 8.04. The third-order valence-corrected chi connectivity index (χ3v) is 2.44. The van der Waals surface area contributed by atoms with E-state index in [1.54, 1.807) is 27.7 Å². The predicted molar refractivity (Wildman–Crippen MR) is 97.1 cm³/mol. The highest BCUT2D eigenvalue weighted by Crippen LogP contribution is 2.01.